The maximum absolute atomic E-state index is 12.1. The standard InChI is InChI=1S/C17H22N4O4/c22-15-11-19-17(24)21(15)9-4-8-18-16(23)20-13-6-3-10-25-14-7-2-1-5-12(13)14/h1-2,5,7,13H,3-4,6,8-11H2,(H,19,24)(H2,18,20,23). The van der Waals surface area contributed by atoms with Crippen LogP contribution in [0.2, 0.25) is 0 Å². The van der Waals surface area contributed by atoms with Gasteiger partial charge in [0, 0.05) is 18.7 Å². The molecule has 1 atom stereocenters. The van der Waals surface area contributed by atoms with E-state index in [0.29, 0.717) is 26.1 Å². The maximum Gasteiger partial charge on any atom is 0.324 e. The Kier molecular flexibility index (Phi) is 5.37. The summed E-state index contributed by atoms with van der Waals surface area (Å²) in [6, 6.07) is 6.98. The lowest BCUT2D eigenvalue weighted by Gasteiger charge is -2.19. The molecule has 1 fully saturated rings. The highest BCUT2D eigenvalue weighted by Crippen LogP contribution is 2.30. The fourth-order valence-electron chi connectivity index (χ4n) is 3.00. The zero-order valence-corrected chi connectivity index (χ0v) is 13.9. The summed E-state index contributed by atoms with van der Waals surface area (Å²) < 4.78 is 5.69. The SMILES string of the molecule is O=C(NCCCN1C(=O)CNC1=O)NC1CCCOc2ccccc21. The number of nitrogens with one attached hydrogen (secondary N) is 3. The zero-order valence-electron chi connectivity index (χ0n) is 13.9. The molecule has 1 aromatic carbocycles. The molecule has 134 valence electrons. The van der Waals surface area contributed by atoms with Gasteiger partial charge in [0.15, 0.2) is 0 Å². The van der Waals surface area contributed by atoms with Gasteiger partial charge in [0.25, 0.3) is 0 Å². The summed E-state index contributed by atoms with van der Waals surface area (Å²) in [7, 11) is 0. The van der Waals surface area contributed by atoms with E-state index in [1.807, 2.05) is 24.3 Å². The molecule has 8 heteroatoms. The van der Waals surface area contributed by atoms with Crippen LogP contribution in [0.25, 0.3) is 0 Å². The van der Waals surface area contributed by atoms with Crippen molar-refractivity contribution < 1.29 is 19.1 Å². The summed E-state index contributed by atoms with van der Waals surface area (Å²) in [5, 5.41) is 8.21. The zero-order chi connectivity index (χ0) is 17.6. The van der Waals surface area contributed by atoms with E-state index in [2.05, 4.69) is 16.0 Å². The number of nitrogens with zero attached hydrogens (tertiary/aromatic N) is 1. The molecule has 2 heterocycles. The lowest BCUT2D eigenvalue weighted by atomic mass is 10.0. The van der Waals surface area contributed by atoms with Crippen LogP contribution in [0.5, 0.6) is 5.75 Å². The minimum atomic E-state index is -0.371. The predicted octanol–water partition coefficient (Wildman–Crippen LogP) is 1.14. The third kappa shape index (κ3) is 4.20. The van der Waals surface area contributed by atoms with Crippen LogP contribution >= 0.6 is 0 Å². The number of para-hydroxylation sites is 1. The summed E-state index contributed by atoms with van der Waals surface area (Å²) >= 11 is 0. The van der Waals surface area contributed by atoms with E-state index in [-0.39, 0.29) is 30.6 Å². The smallest absolute Gasteiger partial charge is 0.324 e. The number of rotatable bonds is 5. The van der Waals surface area contributed by atoms with Crippen LogP contribution < -0.4 is 20.7 Å². The van der Waals surface area contributed by atoms with Gasteiger partial charge in [-0.2, -0.15) is 0 Å². The number of amides is 5. The summed E-state index contributed by atoms with van der Waals surface area (Å²) in [5.41, 5.74) is 0.981. The van der Waals surface area contributed by atoms with Gasteiger partial charge in [0.2, 0.25) is 5.91 Å². The summed E-state index contributed by atoms with van der Waals surface area (Å²) in [5.74, 6) is 0.577. The summed E-state index contributed by atoms with van der Waals surface area (Å²) in [6.07, 6.45) is 2.19. The second-order valence-electron chi connectivity index (χ2n) is 6.04. The Labute approximate surface area is 145 Å². The first-order valence-electron chi connectivity index (χ1n) is 8.49. The first-order chi connectivity index (χ1) is 12.1. The van der Waals surface area contributed by atoms with Crippen LogP contribution in [0.3, 0.4) is 0 Å². The highest BCUT2D eigenvalue weighted by Gasteiger charge is 2.27. The number of fused-ring (bicyclic) bond motifs is 1. The lowest BCUT2D eigenvalue weighted by Crippen LogP contribution is -2.40. The molecule has 5 amide bonds. The van der Waals surface area contributed by atoms with Crippen molar-refractivity contribution in [3.05, 3.63) is 29.8 Å². The molecule has 0 aromatic heterocycles. The first kappa shape index (κ1) is 17.1. The van der Waals surface area contributed by atoms with Gasteiger partial charge in [0.05, 0.1) is 19.2 Å². The van der Waals surface area contributed by atoms with E-state index in [1.165, 1.54) is 4.90 Å². The Morgan fingerprint density at radius 3 is 2.96 bits per heavy atom. The van der Waals surface area contributed by atoms with Crippen molar-refractivity contribution in [3.8, 4) is 5.75 Å². The molecule has 3 rings (SSSR count). The molecule has 2 aliphatic heterocycles. The molecule has 2 aliphatic rings. The Hall–Kier alpha value is -2.77. The minimum Gasteiger partial charge on any atom is -0.493 e. The molecule has 0 saturated carbocycles. The van der Waals surface area contributed by atoms with E-state index < -0.39 is 0 Å². The number of carbonyl (C=O) groups is 3. The van der Waals surface area contributed by atoms with Gasteiger partial charge in [-0.15, -0.1) is 0 Å². The minimum absolute atomic E-state index is 0.0515. The molecule has 8 nitrogen and oxygen atoms in total. The Balaban J connectivity index is 1.45. The van der Waals surface area contributed by atoms with Crippen LogP contribution in [-0.2, 0) is 4.79 Å². The number of carbonyl (C=O) groups excluding carboxylic acids is 3. The molecule has 1 unspecified atom stereocenters. The number of benzene rings is 1. The molecule has 0 spiro atoms. The van der Waals surface area contributed by atoms with E-state index in [0.717, 1.165) is 24.2 Å². The molecule has 1 aromatic rings. The van der Waals surface area contributed by atoms with Gasteiger partial charge in [-0.05, 0) is 25.3 Å². The van der Waals surface area contributed by atoms with Gasteiger partial charge < -0.3 is 20.7 Å². The van der Waals surface area contributed by atoms with E-state index in [4.69, 9.17) is 4.74 Å². The topological polar surface area (TPSA) is 99.8 Å². The molecule has 1 saturated heterocycles. The van der Waals surface area contributed by atoms with Crippen molar-refractivity contribution in [2.45, 2.75) is 25.3 Å². The van der Waals surface area contributed by atoms with Gasteiger partial charge in [-0.3, -0.25) is 9.69 Å². The van der Waals surface area contributed by atoms with Gasteiger partial charge >= 0.3 is 12.1 Å². The summed E-state index contributed by atoms with van der Waals surface area (Å²) in [4.78, 5) is 36.2. The summed E-state index contributed by atoms with van der Waals surface area (Å²) in [6.45, 7) is 1.37. The van der Waals surface area contributed by atoms with Gasteiger partial charge in [0.1, 0.15) is 5.75 Å². The van der Waals surface area contributed by atoms with Crippen molar-refractivity contribution in [1.29, 1.82) is 0 Å². The predicted molar refractivity (Wildman–Crippen MR) is 90.2 cm³/mol. The molecule has 0 bridgehead atoms. The lowest BCUT2D eigenvalue weighted by molar-refractivity contribution is -0.125. The quantitative estimate of drug-likeness (QED) is 0.550. The largest absolute Gasteiger partial charge is 0.493 e. The van der Waals surface area contributed by atoms with Crippen molar-refractivity contribution >= 4 is 18.0 Å². The third-order valence-electron chi connectivity index (χ3n) is 4.28. The number of hydrogen-bond acceptors (Lipinski definition) is 4. The number of ether oxygens (including phenoxy) is 1. The second kappa shape index (κ2) is 7.87. The molecule has 3 N–H and O–H groups in total. The van der Waals surface area contributed by atoms with Crippen molar-refractivity contribution in [3.63, 3.8) is 0 Å². The highest BCUT2D eigenvalue weighted by molar-refractivity contribution is 6.01. The maximum atomic E-state index is 12.1. The van der Waals surface area contributed by atoms with Crippen molar-refractivity contribution in [1.82, 2.24) is 20.9 Å². The first-order valence-corrected chi connectivity index (χ1v) is 8.49. The normalized spacial score (nSPS) is 19.5. The van der Waals surface area contributed by atoms with E-state index in [9.17, 15) is 14.4 Å². The number of urea groups is 2. The number of hydrogen-bond donors (Lipinski definition) is 3. The molecular weight excluding hydrogens is 324 g/mol. The monoisotopic (exact) mass is 346 g/mol. The average Bonchev–Trinajstić information content (AvgIpc) is 2.81. The van der Waals surface area contributed by atoms with Gasteiger partial charge in [-0.25, -0.2) is 9.59 Å². The Morgan fingerprint density at radius 2 is 2.16 bits per heavy atom. The molecular formula is C17H22N4O4. The second-order valence-corrected chi connectivity index (χ2v) is 6.04. The number of imide groups is 1. The van der Waals surface area contributed by atoms with E-state index >= 15 is 0 Å². The molecule has 0 aliphatic carbocycles. The molecule has 25 heavy (non-hydrogen) atoms. The van der Waals surface area contributed by atoms with Crippen molar-refractivity contribution in [2.24, 2.45) is 0 Å². The fourth-order valence-corrected chi connectivity index (χ4v) is 3.00. The van der Waals surface area contributed by atoms with Gasteiger partial charge in [-0.1, -0.05) is 18.2 Å². The van der Waals surface area contributed by atoms with E-state index in [1.54, 1.807) is 0 Å². The molecule has 0 radical (unpaired) electrons. The van der Waals surface area contributed by atoms with Crippen LogP contribution in [0.1, 0.15) is 30.9 Å². The van der Waals surface area contributed by atoms with Crippen LogP contribution in [0.4, 0.5) is 9.59 Å². The highest BCUT2D eigenvalue weighted by atomic mass is 16.5. The van der Waals surface area contributed by atoms with Crippen LogP contribution in [0, 0.1) is 0 Å². The van der Waals surface area contributed by atoms with Crippen LogP contribution in [0.15, 0.2) is 24.3 Å². The third-order valence-corrected chi connectivity index (χ3v) is 4.28. The Bertz CT molecular complexity index is 648. The Morgan fingerprint density at radius 1 is 1.32 bits per heavy atom. The fraction of sp³-hybridized carbons (Fsp3) is 0.471. The average molecular weight is 346 g/mol. The van der Waals surface area contributed by atoms with Crippen LogP contribution in [-0.4, -0.2) is 49.1 Å². The van der Waals surface area contributed by atoms with Crippen molar-refractivity contribution in [2.75, 3.05) is 26.2 Å².